The predicted molar refractivity (Wildman–Crippen MR) is 92.0 cm³/mol. The summed E-state index contributed by atoms with van der Waals surface area (Å²) in [4.78, 5) is 29.8. The van der Waals surface area contributed by atoms with Crippen LogP contribution in [0.2, 0.25) is 0 Å². The average molecular weight is 332 g/mol. The highest BCUT2D eigenvalue weighted by atomic mass is 16.6. The summed E-state index contributed by atoms with van der Waals surface area (Å²) in [5.74, 6) is -0.202. The fraction of sp³-hybridized carbons (Fsp3) is 0.471. The van der Waals surface area contributed by atoms with Gasteiger partial charge in [0.2, 0.25) is 0 Å². The molecule has 0 atom stereocenters. The summed E-state index contributed by atoms with van der Waals surface area (Å²) >= 11 is 0. The Hall–Kier alpha value is -2.57. The molecule has 0 unspecified atom stereocenters. The molecule has 2 amide bonds. The van der Waals surface area contributed by atoms with E-state index in [0.717, 1.165) is 5.69 Å². The Labute approximate surface area is 142 Å². The maximum Gasteiger partial charge on any atom is 0.409 e. The molecule has 1 aromatic rings. The van der Waals surface area contributed by atoms with Crippen LogP contribution in [0.15, 0.2) is 31.0 Å². The number of carbonyl (C=O) groups excluding carboxylic acids is 2. The highest BCUT2D eigenvalue weighted by molar-refractivity contribution is 5.93. The van der Waals surface area contributed by atoms with Crippen molar-refractivity contribution in [3.05, 3.63) is 36.7 Å². The molecular weight excluding hydrogens is 308 g/mol. The second-order valence-electron chi connectivity index (χ2n) is 5.53. The molecule has 1 aliphatic heterocycles. The lowest BCUT2D eigenvalue weighted by Gasteiger charge is -2.31. The molecule has 0 radical (unpaired) electrons. The summed E-state index contributed by atoms with van der Waals surface area (Å²) in [6, 6.07) is 3.56. The maximum atomic E-state index is 12.3. The molecule has 24 heavy (non-hydrogen) atoms. The lowest BCUT2D eigenvalue weighted by Crippen LogP contribution is -2.46. The van der Waals surface area contributed by atoms with Gasteiger partial charge >= 0.3 is 6.09 Å². The molecule has 2 N–H and O–H groups in total. The summed E-state index contributed by atoms with van der Waals surface area (Å²) < 4.78 is 4.99. The minimum absolute atomic E-state index is 0.0368. The molecular formula is C17H24N4O3. The third-order valence-electron chi connectivity index (χ3n) is 3.80. The smallest absolute Gasteiger partial charge is 0.409 e. The predicted octanol–water partition coefficient (Wildman–Crippen LogP) is 2.03. The Kier molecular flexibility index (Phi) is 6.60. The normalized spacial score (nSPS) is 14.8. The number of amides is 2. The molecule has 7 heteroatoms. The molecule has 0 aliphatic carbocycles. The zero-order chi connectivity index (χ0) is 17.4. The number of nitrogens with one attached hydrogen (secondary N) is 2. The molecule has 7 nitrogen and oxygen atoms in total. The number of nitrogens with zero attached hydrogens (tertiary/aromatic N) is 2. The van der Waals surface area contributed by atoms with Gasteiger partial charge in [0.1, 0.15) is 5.69 Å². The molecule has 2 rings (SSSR count). The third-order valence-corrected chi connectivity index (χ3v) is 3.80. The number of piperidine rings is 1. The Morgan fingerprint density at radius 2 is 2.21 bits per heavy atom. The van der Waals surface area contributed by atoms with Gasteiger partial charge in [0.25, 0.3) is 5.91 Å². The minimum Gasteiger partial charge on any atom is -0.450 e. The number of anilines is 1. The standard InChI is InChI=1S/C17H24N4O3/c1-3-8-18-14-5-9-19-15(12-14)16(22)20-13-6-10-21(11-7-13)17(23)24-4-2/h3,5,9,12-13H,1,4,6-8,10-11H2,2H3,(H,18,19)(H,20,22). The largest absolute Gasteiger partial charge is 0.450 e. The Morgan fingerprint density at radius 1 is 1.46 bits per heavy atom. The highest BCUT2D eigenvalue weighted by Crippen LogP contribution is 2.13. The second-order valence-corrected chi connectivity index (χ2v) is 5.53. The van der Waals surface area contributed by atoms with E-state index in [9.17, 15) is 9.59 Å². The van der Waals surface area contributed by atoms with Gasteiger partial charge in [-0.25, -0.2) is 4.79 Å². The fourth-order valence-corrected chi connectivity index (χ4v) is 2.54. The van der Waals surface area contributed by atoms with Crippen LogP contribution in [-0.2, 0) is 4.74 Å². The zero-order valence-corrected chi connectivity index (χ0v) is 14.0. The first-order chi connectivity index (χ1) is 11.6. The number of hydrogen-bond acceptors (Lipinski definition) is 5. The van der Waals surface area contributed by atoms with Crippen LogP contribution < -0.4 is 10.6 Å². The SMILES string of the molecule is C=CCNc1ccnc(C(=O)NC2CCN(C(=O)OCC)CC2)c1. The molecule has 0 aromatic carbocycles. The highest BCUT2D eigenvalue weighted by Gasteiger charge is 2.25. The van der Waals surface area contributed by atoms with Crippen LogP contribution in [0.4, 0.5) is 10.5 Å². The van der Waals surface area contributed by atoms with E-state index in [1.807, 2.05) is 0 Å². The number of likely N-dealkylation sites (tertiary alicyclic amines) is 1. The molecule has 1 aliphatic rings. The van der Waals surface area contributed by atoms with Crippen molar-refractivity contribution >= 4 is 17.7 Å². The Morgan fingerprint density at radius 3 is 2.88 bits per heavy atom. The lowest BCUT2D eigenvalue weighted by atomic mass is 10.1. The average Bonchev–Trinajstić information content (AvgIpc) is 2.61. The van der Waals surface area contributed by atoms with Crippen molar-refractivity contribution in [2.45, 2.75) is 25.8 Å². The van der Waals surface area contributed by atoms with Gasteiger partial charge in [-0.15, -0.1) is 6.58 Å². The van der Waals surface area contributed by atoms with E-state index in [1.165, 1.54) is 0 Å². The van der Waals surface area contributed by atoms with Crippen molar-refractivity contribution < 1.29 is 14.3 Å². The van der Waals surface area contributed by atoms with Crippen molar-refractivity contribution in [2.24, 2.45) is 0 Å². The Balaban J connectivity index is 1.85. The van der Waals surface area contributed by atoms with Gasteiger partial charge in [0.15, 0.2) is 0 Å². The van der Waals surface area contributed by atoms with Crippen LogP contribution in [0.1, 0.15) is 30.3 Å². The number of pyridine rings is 1. The number of aromatic nitrogens is 1. The molecule has 0 spiro atoms. The molecule has 1 aromatic heterocycles. The summed E-state index contributed by atoms with van der Waals surface area (Å²) in [7, 11) is 0. The van der Waals surface area contributed by atoms with Crippen LogP contribution in [0.25, 0.3) is 0 Å². The lowest BCUT2D eigenvalue weighted by molar-refractivity contribution is 0.0856. The topological polar surface area (TPSA) is 83.6 Å². The first-order valence-corrected chi connectivity index (χ1v) is 8.17. The molecule has 0 bridgehead atoms. The molecule has 2 heterocycles. The number of hydrogen-bond donors (Lipinski definition) is 2. The quantitative estimate of drug-likeness (QED) is 0.779. The van der Waals surface area contributed by atoms with Gasteiger partial charge in [-0.05, 0) is 31.9 Å². The molecule has 1 saturated heterocycles. The van der Waals surface area contributed by atoms with E-state index in [1.54, 1.807) is 36.2 Å². The molecule has 0 saturated carbocycles. The van der Waals surface area contributed by atoms with Gasteiger partial charge in [-0.1, -0.05) is 6.08 Å². The van der Waals surface area contributed by atoms with E-state index < -0.39 is 0 Å². The van der Waals surface area contributed by atoms with Gasteiger partial charge in [0, 0.05) is 37.6 Å². The van der Waals surface area contributed by atoms with Gasteiger partial charge < -0.3 is 20.3 Å². The maximum absolute atomic E-state index is 12.3. The third kappa shape index (κ3) is 4.97. The van der Waals surface area contributed by atoms with Crippen LogP contribution in [-0.4, -0.2) is 54.2 Å². The zero-order valence-electron chi connectivity index (χ0n) is 14.0. The van der Waals surface area contributed by atoms with E-state index in [2.05, 4.69) is 22.2 Å². The molecule has 1 fully saturated rings. The summed E-state index contributed by atoms with van der Waals surface area (Å²) in [5.41, 5.74) is 1.20. The van der Waals surface area contributed by atoms with Gasteiger partial charge in [-0.2, -0.15) is 0 Å². The van der Waals surface area contributed by atoms with Gasteiger partial charge in [-0.3, -0.25) is 9.78 Å². The first kappa shape index (κ1) is 17.8. The summed E-state index contributed by atoms with van der Waals surface area (Å²) in [6.45, 7) is 7.59. The Bertz CT molecular complexity index is 583. The van der Waals surface area contributed by atoms with Crippen molar-refractivity contribution in [2.75, 3.05) is 31.6 Å². The minimum atomic E-state index is -0.287. The van der Waals surface area contributed by atoms with E-state index in [4.69, 9.17) is 4.74 Å². The van der Waals surface area contributed by atoms with Crippen molar-refractivity contribution in [1.29, 1.82) is 0 Å². The number of rotatable bonds is 6. The van der Waals surface area contributed by atoms with Crippen LogP contribution >= 0.6 is 0 Å². The van der Waals surface area contributed by atoms with Crippen LogP contribution in [0.5, 0.6) is 0 Å². The summed E-state index contributed by atoms with van der Waals surface area (Å²) in [6.07, 6.45) is 4.48. The van der Waals surface area contributed by atoms with Gasteiger partial charge in [0.05, 0.1) is 6.61 Å². The van der Waals surface area contributed by atoms with E-state index in [-0.39, 0.29) is 18.0 Å². The number of ether oxygens (including phenoxy) is 1. The fourth-order valence-electron chi connectivity index (χ4n) is 2.54. The summed E-state index contributed by atoms with van der Waals surface area (Å²) in [5, 5.41) is 6.11. The van der Waals surface area contributed by atoms with Crippen molar-refractivity contribution in [3.63, 3.8) is 0 Å². The molecule has 130 valence electrons. The van der Waals surface area contributed by atoms with Crippen molar-refractivity contribution in [1.82, 2.24) is 15.2 Å². The van der Waals surface area contributed by atoms with Crippen LogP contribution in [0, 0.1) is 0 Å². The van der Waals surface area contributed by atoms with E-state index in [0.29, 0.717) is 44.8 Å². The number of carbonyl (C=O) groups is 2. The van der Waals surface area contributed by atoms with Crippen LogP contribution in [0.3, 0.4) is 0 Å². The first-order valence-electron chi connectivity index (χ1n) is 8.17. The van der Waals surface area contributed by atoms with Crippen molar-refractivity contribution in [3.8, 4) is 0 Å². The van der Waals surface area contributed by atoms with E-state index >= 15 is 0 Å². The monoisotopic (exact) mass is 332 g/mol. The second kappa shape index (κ2) is 8.90.